The summed E-state index contributed by atoms with van der Waals surface area (Å²) in [6, 6.07) is 16.7. The Kier molecular flexibility index (Phi) is 5.27. The molecule has 0 heterocycles. The van der Waals surface area contributed by atoms with E-state index >= 15 is 0 Å². The molecule has 0 bridgehead atoms. The van der Waals surface area contributed by atoms with Crippen LogP contribution in [0, 0.1) is 0 Å². The lowest BCUT2D eigenvalue weighted by atomic mass is 9.89. The fourth-order valence-electron chi connectivity index (χ4n) is 2.41. The van der Waals surface area contributed by atoms with Gasteiger partial charge in [0, 0.05) is 24.3 Å². The maximum absolute atomic E-state index is 12.3. The van der Waals surface area contributed by atoms with E-state index in [9.17, 15) is 9.59 Å². The minimum Gasteiger partial charge on any atom is -0.496 e. The summed E-state index contributed by atoms with van der Waals surface area (Å²) in [5.74, 6) is 0.588. The van der Waals surface area contributed by atoms with Crippen LogP contribution in [0.25, 0.3) is 0 Å². The fourth-order valence-corrected chi connectivity index (χ4v) is 2.41. The number of aldehydes is 1. The van der Waals surface area contributed by atoms with E-state index < -0.39 is 0 Å². The first kappa shape index (κ1) is 15.0. The van der Waals surface area contributed by atoms with Gasteiger partial charge in [0.25, 0.3) is 0 Å². The molecule has 0 aliphatic heterocycles. The van der Waals surface area contributed by atoms with Crippen LogP contribution in [0.15, 0.2) is 54.6 Å². The van der Waals surface area contributed by atoms with Crippen molar-refractivity contribution in [2.75, 3.05) is 7.11 Å². The van der Waals surface area contributed by atoms with Crippen molar-refractivity contribution in [1.29, 1.82) is 0 Å². The summed E-state index contributed by atoms with van der Waals surface area (Å²) in [5.41, 5.74) is 1.57. The summed E-state index contributed by atoms with van der Waals surface area (Å²) in [7, 11) is 1.59. The largest absolute Gasteiger partial charge is 0.496 e. The van der Waals surface area contributed by atoms with Crippen molar-refractivity contribution in [3.8, 4) is 5.75 Å². The van der Waals surface area contributed by atoms with Gasteiger partial charge >= 0.3 is 0 Å². The highest BCUT2D eigenvalue weighted by molar-refractivity contribution is 5.96. The lowest BCUT2D eigenvalue weighted by Gasteiger charge is -2.17. The van der Waals surface area contributed by atoms with Crippen molar-refractivity contribution < 1.29 is 14.3 Å². The number of ether oxygens (including phenoxy) is 1. The molecule has 2 aromatic rings. The average molecular weight is 282 g/mol. The van der Waals surface area contributed by atoms with Gasteiger partial charge in [-0.1, -0.05) is 48.5 Å². The predicted molar refractivity (Wildman–Crippen MR) is 81.8 cm³/mol. The third-order valence-corrected chi connectivity index (χ3v) is 3.49. The van der Waals surface area contributed by atoms with E-state index in [1.807, 2.05) is 42.5 Å². The molecule has 0 N–H and O–H groups in total. The van der Waals surface area contributed by atoms with Crippen LogP contribution in [0.5, 0.6) is 5.75 Å². The highest BCUT2D eigenvalue weighted by Crippen LogP contribution is 2.31. The van der Waals surface area contributed by atoms with Crippen molar-refractivity contribution >= 4 is 12.1 Å². The highest BCUT2D eigenvalue weighted by atomic mass is 16.5. The normalized spacial score (nSPS) is 11.7. The molecule has 0 aromatic heterocycles. The quantitative estimate of drug-likeness (QED) is 0.575. The van der Waals surface area contributed by atoms with Gasteiger partial charge in [-0.3, -0.25) is 4.79 Å². The van der Waals surface area contributed by atoms with Crippen LogP contribution >= 0.6 is 0 Å². The smallest absolute Gasteiger partial charge is 0.163 e. The second-order valence-corrected chi connectivity index (χ2v) is 4.83. The molecular weight excluding hydrogens is 264 g/mol. The van der Waals surface area contributed by atoms with E-state index in [0.717, 1.165) is 11.8 Å². The second kappa shape index (κ2) is 7.39. The number of para-hydroxylation sites is 1. The third kappa shape index (κ3) is 3.78. The Morgan fingerprint density at radius 2 is 1.76 bits per heavy atom. The molecule has 21 heavy (non-hydrogen) atoms. The van der Waals surface area contributed by atoms with Crippen molar-refractivity contribution in [3.63, 3.8) is 0 Å². The van der Waals surface area contributed by atoms with Gasteiger partial charge in [0.2, 0.25) is 0 Å². The van der Waals surface area contributed by atoms with Gasteiger partial charge in [-0.15, -0.1) is 0 Å². The minimum atomic E-state index is -0.161. The zero-order chi connectivity index (χ0) is 15.1. The Morgan fingerprint density at radius 3 is 2.43 bits per heavy atom. The van der Waals surface area contributed by atoms with Crippen LogP contribution in [-0.2, 0) is 4.79 Å². The summed E-state index contributed by atoms with van der Waals surface area (Å²) in [4.78, 5) is 23.3. The zero-order valence-electron chi connectivity index (χ0n) is 12.0. The average Bonchev–Trinajstić information content (AvgIpc) is 2.55. The van der Waals surface area contributed by atoms with Crippen LogP contribution in [0.4, 0.5) is 0 Å². The molecule has 0 saturated heterocycles. The van der Waals surface area contributed by atoms with Crippen LogP contribution in [0.3, 0.4) is 0 Å². The monoisotopic (exact) mass is 282 g/mol. The van der Waals surface area contributed by atoms with Crippen molar-refractivity contribution in [1.82, 2.24) is 0 Å². The van der Waals surface area contributed by atoms with Gasteiger partial charge in [0.05, 0.1) is 7.11 Å². The van der Waals surface area contributed by atoms with Gasteiger partial charge in [0.1, 0.15) is 12.0 Å². The SMILES string of the molecule is COc1ccccc1[C@@H](CC=O)CC(=O)c1ccccc1. The Labute approximate surface area is 124 Å². The molecule has 3 nitrogen and oxygen atoms in total. The van der Waals surface area contributed by atoms with Gasteiger partial charge < -0.3 is 9.53 Å². The lowest BCUT2D eigenvalue weighted by molar-refractivity contribution is -0.108. The van der Waals surface area contributed by atoms with Crippen molar-refractivity contribution in [3.05, 3.63) is 65.7 Å². The number of carbonyl (C=O) groups is 2. The molecule has 0 radical (unpaired) electrons. The molecule has 0 saturated carbocycles. The number of hydrogen-bond acceptors (Lipinski definition) is 3. The lowest BCUT2D eigenvalue weighted by Crippen LogP contribution is -2.09. The van der Waals surface area contributed by atoms with Gasteiger partial charge in [-0.25, -0.2) is 0 Å². The first-order valence-electron chi connectivity index (χ1n) is 6.91. The molecule has 0 unspecified atom stereocenters. The first-order chi connectivity index (χ1) is 10.3. The van der Waals surface area contributed by atoms with Gasteiger partial charge in [-0.2, -0.15) is 0 Å². The van der Waals surface area contributed by atoms with Crippen LogP contribution in [-0.4, -0.2) is 19.2 Å². The maximum atomic E-state index is 12.3. The molecule has 0 aliphatic carbocycles. The topological polar surface area (TPSA) is 43.4 Å². The van der Waals surface area contributed by atoms with Gasteiger partial charge in [-0.05, 0) is 11.6 Å². The summed E-state index contributed by atoms with van der Waals surface area (Å²) >= 11 is 0. The molecular formula is C18H18O3. The first-order valence-corrected chi connectivity index (χ1v) is 6.91. The minimum absolute atomic E-state index is 0.0355. The Bertz CT molecular complexity index is 605. The van der Waals surface area contributed by atoms with Crippen LogP contribution in [0.1, 0.15) is 34.7 Å². The molecule has 3 heteroatoms. The molecule has 0 amide bonds. The Balaban J connectivity index is 2.23. The molecule has 0 spiro atoms. The maximum Gasteiger partial charge on any atom is 0.163 e. The van der Waals surface area contributed by atoms with Crippen molar-refractivity contribution in [2.45, 2.75) is 18.8 Å². The molecule has 1 atom stereocenters. The number of ketones is 1. The fraction of sp³-hybridized carbons (Fsp3) is 0.222. The number of carbonyl (C=O) groups excluding carboxylic acids is 2. The Hall–Kier alpha value is -2.42. The van der Waals surface area contributed by atoms with Crippen molar-refractivity contribution in [2.24, 2.45) is 0 Å². The van der Waals surface area contributed by atoms with E-state index in [-0.39, 0.29) is 11.7 Å². The number of hydrogen-bond donors (Lipinski definition) is 0. The van der Waals surface area contributed by atoms with E-state index in [2.05, 4.69) is 0 Å². The molecule has 0 aliphatic rings. The Morgan fingerprint density at radius 1 is 1.10 bits per heavy atom. The van der Waals surface area contributed by atoms with Crippen LogP contribution < -0.4 is 4.74 Å². The summed E-state index contributed by atoms with van der Waals surface area (Å²) < 4.78 is 5.33. The van der Waals surface area contributed by atoms with Gasteiger partial charge in [0.15, 0.2) is 5.78 Å². The van der Waals surface area contributed by atoms with E-state index in [1.165, 1.54) is 0 Å². The summed E-state index contributed by atoms with van der Waals surface area (Å²) in [6.45, 7) is 0. The summed E-state index contributed by atoms with van der Waals surface area (Å²) in [6.07, 6.45) is 1.46. The van der Waals surface area contributed by atoms with E-state index in [0.29, 0.717) is 24.2 Å². The highest BCUT2D eigenvalue weighted by Gasteiger charge is 2.19. The number of methoxy groups -OCH3 is 1. The number of Topliss-reactive ketones (excluding diaryl/α,β-unsaturated/α-hetero) is 1. The number of benzene rings is 2. The molecule has 108 valence electrons. The van der Waals surface area contributed by atoms with Crippen LogP contribution in [0.2, 0.25) is 0 Å². The molecule has 2 aromatic carbocycles. The summed E-state index contributed by atoms with van der Waals surface area (Å²) in [5, 5.41) is 0. The molecule has 0 fully saturated rings. The predicted octanol–water partition coefficient (Wildman–Crippen LogP) is 3.64. The standard InChI is InChI=1S/C18H18O3/c1-21-18-10-6-5-9-16(18)15(11-12-19)13-17(20)14-7-3-2-4-8-14/h2-10,12,15H,11,13H2,1H3/t15-/m0/s1. The van der Waals surface area contributed by atoms with E-state index in [1.54, 1.807) is 19.2 Å². The van der Waals surface area contributed by atoms with E-state index in [4.69, 9.17) is 4.74 Å². The zero-order valence-corrected chi connectivity index (χ0v) is 12.0. The molecule has 2 rings (SSSR count). The third-order valence-electron chi connectivity index (χ3n) is 3.49. The number of rotatable bonds is 7. The second-order valence-electron chi connectivity index (χ2n) is 4.83.